The molecular weight excluding hydrogens is 240 g/mol. The highest BCUT2D eigenvalue weighted by atomic mass is 16.5. The van der Waals surface area contributed by atoms with Crippen molar-refractivity contribution in [1.29, 1.82) is 0 Å². The van der Waals surface area contributed by atoms with Gasteiger partial charge in [-0.05, 0) is 36.5 Å². The van der Waals surface area contributed by atoms with Crippen LogP contribution < -0.4 is 10.5 Å². The first-order valence-electron chi connectivity index (χ1n) is 6.74. The fraction of sp³-hybridized carbons (Fsp3) is 0.533. The molecule has 1 heterocycles. The zero-order valence-corrected chi connectivity index (χ0v) is 11.8. The fourth-order valence-corrected chi connectivity index (χ4v) is 2.88. The van der Waals surface area contributed by atoms with E-state index in [0.717, 1.165) is 13.1 Å². The number of methoxy groups -OCH3 is 1. The van der Waals surface area contributed by atoms with Crippen molar-refractivity contribution in [3.05, 3.63) is 23.8 Å². The minimum atomic E-state index is 0.0627. The summed E-state index contributed by atoms with van der Waals surface area (Å²) in [6.07, 6.45) is 1.19. The summed E-state index contributed by atoms with van der Waals surface area (Å²) in [4.78, 5) is 14.4. The summed E-state index contributed by atoms with van der Waals surface area (Å²) in [6, 6.07) is 5.23. The largest absolute Gasteiger partial charge is 0.495 e. The van der Waals surface area contributed by atoms with E-state index >= 15 is 0 Å². The average Bonchev–Trinajstić information content (AvgIpc) is 2.36. The van der Waals surface area contributed by atoms with Gasteiger partial charge in [0.15, 0.2) is 0 Å². The van der Waals surface area contributed by atoms with Gasteiger partial charge in [-0.2, -0.15) is 0 Å². The Morgan fingerprint density at radius 3 is 2.47 bits per heavy atom. The van der Waals surface area contributed by atoms with Gasteiger partial charge < -0.3 is 15.4 Å². The van der Waals surface area contributed by atoms with Crippen molar-refractivity contribution in [3.8, 4) is 5.75 Å². The van der Waals surface area contributed by atoms with Crippen LogP contribution in [0.5, 0.6) is 5.75 Å². The lowest BCUT2D eigenvalue weighted by atomic mass is 9.91. The Labute approximate surface area is 114 Å². The molecule has 1 aromatic rings. The van der Waals surface area contributed by atoms with Gasteiger partial charge in [0, 0.05) is 18.7 Å². The third-order valence-electron chi connectivity index (χ3n) is 3.63. The first-order chi connectivity index (χ1) is 9.01. The van der Waals surface area contributed by atoms with Crippen LogP contribution in [0.1, 0.15) is 30.6 Å². The van der Waals surface area contributed by atoms with E-state index in [1.54, 1.807) is 25.3 Å². The number of ether oxygens (including phenoxy) is 1. The van der Waals surface area contributed by atoms with Gasteiger partial charge in [0.1, 0.15) is 5.75 Å². The monoisotopic (exact) mass is 262 g/mol. The quantitative estimate of drug-likeness (QED) is 0.833. The van der Waals surface area contributed by atoms with Crippen LogP contribution in [0.2, 0.25) is 0 Å². The standard InChI is InChI=1S/C15H22N2O2/c1-10-6-11(2)9-17(8-10)15(18)12-4-5-14(19-3)13(16)7-12/h4-5,7,10-11H,6,8-9,16H2,1-3H3. The molecule has 104 valence electrons. The van der Waals surface area contributed by atoms with E-state index in [2.05, 4.69) is 13.8 Å². The van der Waals surface area contributed by atoms with Gasteiger partial charge in [0.2, 0.25) is 0 Å². The lowest BCUT2D eigenvalue weighted by molar-refractivity contribution is 0.0623. The van der Waals surface area contributed by atoms with Crippen LogP contribution in [0.4, 0.5) is 5.69 Å². The van der Waals surface area contributed by atoms with Crippen LogP contribution >= 0.6 is 0 Å². The van der Waals surface area contributed by atoms with Crippen molar-refractivity contribution < 1.29 is 9.53 Å². The molecule has 1 saturated heterocycles. The van der Waals surface area contributed by atoms with Crippen LogP contribution in [-0.2, 0) is 0 Å². The zero-order chi connectivity index (χ0) is 14.0. The normalized spacial score (nSPS) is 23.2. The summed E-state index contributed by atoms with van der Waals surface area (Å²) in [7, 11) is 1.57. The SMILES string of the molecule is COc1ccc(C(=O)N2CC(C)CC(C)C2)cc1N. The molecule has 0 saturated carbocycles. The number of carbonyl (C=O) groups excluding carboxylic acids is 1. The molecule has 1 aliphatic rings. The van der Waals surface area contributed by atoms with Crippen molar-refractivity contribution in [2.45, 2.75) is 20.3 Å². The Balaban J connectivity index is 2.17. The molecule has 2 N–H and O–H groups in total. The second kappa shape index (κ2) is 5.51. The average molecular weight is 262 g/mol. The molecule has 0 aliphatic carbocycles. The summed E-state index contributed by atoms with van der Waals surface area (Å²) in [5.74, 6) is 1.79. The highest BCUT2D eigenvalue weighted by molar-refractivity contribution is 5.95. The van der Waals surface area contributed by atoms with E-state index < -0.39 is 0 Å². The summed E-state index contributed by atoms with van der Waals surface area (Å²) in [5, 5.41) is 0. The van der Waals surface area contributed by atoms with Crippen LogP contribution in [0.3, 0.4) is 0 Å². The molecule has 1 aliphatic heterocycles. The van der Waals surface area contributed by atoms with Crippen LogP contribution in [0, 0.1) is 11.8 Å². The maximum absolute atomic E-state index is 12.5. The maximum atomic E-state index is 12.5. The van der Waals surface area contributed by atoms with Crippen molar-refractivity contribution in [2.75, 3.05) is 25.9 Å². The molecule has 2 unspecified atom stereocenters. The van der Waals surface area contributed by atoms with E-state index in [4.69, 9.17) is 10.5 Å². The first kappa shape index (κ1) is 13.7. The summed E-state index contributed by atoms with van der Waals surface area (Å²) >= 11 is 0. The number of rotatable bonds is 2. The minimum Gasteiger partial charge on any atom is -0.495 e. The summed E-state index contributed by atoms with van der Waals surface area (Å²) < 4.78 is 5.11. The smallest absolute Gasteiger partial charge is 0.253 e. The molecule has 19 heavy (non-hydrogen) atoms. The Morgan fingerprint density at radius 1 is 1.32 bits per heavy atom. The van der Waals surface area contributed by atoms with E-state index in [1.807, 2.05) is 4.90 Å². The second-order valence-electron chi connectivity index (χ2n) is 5.61. The van der Waals surface area contributed by atoms with Crippen molar-refractivity contribution in [2.24, 2.45) is 11.8 Å². The Hall–Kier alpha value is -1.71. The molecule has 2 rings (SSSR count). The van der Waals surface area contributed by atoms with Gasteiger partial charge in [0.05, 0.1) is 12.8 Å². The van der Waals surface area contributed by atoms with Gasteiger partial charge in [0.25, 0.3) is 5.91 Å². The Kier molecular flexibility index (Phi) is 3.98. The second-order valence-corrected chi connectivity index (χ2v) is 5.61. The molecular formula is C15H22N2O2. The zero-order valence-electron chi connectivity index (χ0n) is 11.8. The highest BCUT2D eigenvalue weighted by Gasteiger charge is 2.26. The topological polar surface area (TPSA) is 55.6 Å². The number of piperidine rings is 1. The van der Waals surface area contributed by atoms with Crippen molar-refractivity contribution >= 4 is 11.6 Å². The number of likely N-dealkylation sites (tertiary alicyclic amines) is 1. The number of anilines is 1. The fourth-order valence-electron chi connectivity index (χ4n) is 2.88. The third-order valence-corrected chi connectivity index (χ3v) is 3.63. The number of nitrogen functional groups attached to an aromatic ring is 1. The molecule has 2 atom stereocenters. The number of nitrogens with zero attached hydrogens (tertiary/aromatic N) is 1. The van der Waals surface area contributed by atoms with Crippen molar-refractivity contribution in [1.82, 2.24) is 4.90 Å². The number of hydrogen-bond acceptors (Lipinski definition) is 3. The van der Waals surface area contributed by atoms with E-state index in [0.29, 0.717) is 28.8 Å². The van der Waals surface area contributed by atoms with Crippen LogP contribution in [0.15, 0.2) is 18.2 Å². The van der Waals surface area contributed by atoms with E-state index in [-0.39, 0.29) is 5.91 Å². The summed E-state index contributed by atoms with van der Waals surface area (Å²) in [5.41, 5.74) is 7.00. The molecule has 1 amide bonds. The molecule has 0 spiro atoms. The van der Waals surface area contributed by atoms with Gasteiger partial charge in [-0.15, -0.1) is 0 Å². The molecule has 4 nitrogen and oxygen atoms in total. The predicted octanol–water partition coefficient (Wildman–Crippen LogP) is 2.40. The third kappa shape index (κ3) is 3.00. The van der Waals surface area contributed by atoms with Gasteiger partial charge in [-0.1, -0.05) is 13.8 Å². The van der Waals surface area contributed by atoms with Crippen LogP contribution in [-0.4, -0.2) is 31.0 Å². The lowest BCUT2D eigenvalue weighted by Gasteiger charge is -2.35. The molecule has 0 bridgehead atoms. The van der Waals surface area contributed by atoms with E-state index in [9.17, 15) is 4.79 Å². The predicted molar refractivity (Wildman–Crippen MR) is 76.3 cm³/mol. The minimum absolute atomic E-state index is 0.0627. The lowest BCUT2D eigenvalue weighted by Crippen LogP contribution is -2.42. The molecule has 0 aromatic heterocycles. The number of benzene rings is 1. The van der Waals surface area contributed by atoms with Crippen LogP contribution in [0.25, 0.3) is 0 Å². The first-order valence-corrected chi connectivity index (χ1v) is 6.74. The number of nitrogens with two attached hydrogens (primary N) is 1. The van der Waals surface area contributed by atoms with Gasteiger partial charge in [-0.3, -0.25) is 4.79 Å². The Morgan fingerprint density at radius 2 is 1.95 bits per heavy atom. The highest BCUT2D eigenvalue weighted by Crippen LogP contribution is 2.25. The van der Waals surface area contributed by atoms with Crippen molar-refractivity contribution in [3.63, 3.8) is 0 Å². The summed E-state index contributed by atoms with van der Waals surface area (Å²) in [6.45, 7) is 6.04. The molecule has 4 heteroatoms. The van der Waals surface area contributed by atoms with Gasteiger partial charge in [-0.25, -0.2) is 0 Å². The number of hydrogen-bond donors (Lipinski definition) is 1. The number of amides is 1. The van der Waals surface area contributed by atoms with E-state index in [1.165, 1.54) is 6.42 Å². The van der Waals surface area contributed by atoms with Gasteiger partial charge >= 0.3 is 0 Å². The molecule has 0 radical (unpaired) electrons. The molecule has 1 aromatic carbocycles. The number of carbonyl (C=O) groups is 1. The molecule has 1 fully saturated rings. The maximum Gasteiger partial charge on any atom is 0.253 e. The Bertz CT molecular complexity index is 463.